The molecule has 1 aromatic rings. The topological polar surface area (TPSA) is 107 Å². The van der Waals surface area contributed by atoms with Crippen molar-refractivity contribution in [3.05, 3.63) is 22.2 Å². The van der Waals surface area contributed by atoms with Crippen LogP contribution in [0.15, 0.2) is 11.0 Å². The van der Waals surface area contributed by atoms with Crippen molar-refractivity contribution < 1.29 is 8.42 Å². The predicted octanol–water partition coefficient (Wildman–Crippen LogP) is 1.45. The summed E-state index contributed by atoms with van der Waals surface area (Å²) in [6, 6.07) is 0. The SMILES string of the molecule is Nc1nc(=O)n([C@@H]2CCCS2)cc1C#CCNS(=O)(=O)C1CCCCC1. The highest BCUT2D eigenvalue weighted by molar-refractivity contribution is 7.99. The van der Waals surface area contributed by atoms with Gasteiger partial charge in [0.25, 0.3) is 0 Å². The van der Waals surface area contributed by atoms with Gasteiger partial charge in [0.15, 0.2) is 0 Å². The fourth-order valence-corrected chi connectivity index (χ4v) is 6.05. The molecule has 142 valence electrons. The summed E-state index contributed by atoms with van der Waals surface area (Å²) in [5, 5.41) is -0.243. The largest absolute Gasteiger partial charge is 0.382 e. The average Bonchev–Trinajstić information content (AvgIpc) is 3.15. The Kier molecular flexibility index (Phi) is 6.27. The van der Waals surface area contributed by atoms with Crippen molar-refractivity contribution in [2.45, 2.75) is 55.6 Å². The molecule has 0 radical (unpaired) electrons. The first kappa shape index (κ1) is 19.3. The summed E-state index contributed by atoms with van der Waals surface area (Å²) < 4.78 is 28.7. The van der Waals surface area contributed by atoms with Gasteiger partial charge in [0.2, 0.25) is 10.0 Å². The number of nitrogens with zero attached hydrogens (tertiary/aromatic N) is 2. The number of sulfonamides is 1. The van der Waals surface area contributed by atoms with Gasteiger partial charge in [-0.15, -0.1) is 11.8 Å². The fraction of sp³-hybridized carbons (Fsp3) is 0.647. The van der Waals surface area contributed by atoms with Crippen molar-refractivity contribution in [1.82, 2.24) is 14.3 Å². The highest BCUT2D eigenvalue weighted by Gasteiger charge is 2.26. The van der Waals surface area contributed by atoms with E-state index in [1.54, 1.807) is 22.5 Å². The predicted molar refractivity (Wildman–Crippen MR) is 104 cm³/mol. The lowest BCUT2D eigenvalue weighted by Gasteiger charge is -2.21. The summed E-state index contributed by atoms with van der Waals surface area (Å²) in [5.41, 5.74) is 5.88. The van der Waals surface area contributed by atoms with Gasteiger partial charge in [-0.05, 0) is 31.4 Å². The zero-order chi connectivity index (χ0) is 18.6. The molecule has 0 amide bonds. The molecule has 1 saturated heterocycles. The number of nitrogens with one attached hydrogen (secondary N) is 1. The van der Waals surface area contributed by atoms with Crippen molar-refractivity contribution in [3.8, 4) is 11.8 Å². The lowest BCUT2D eigenvalue weighted by molar-refractivity contribution is 0.479. The minimum Gasteiger partial charge on any atom is -0.382 e. The molecule has 2 fully saturated rings. The number of anilines is 1. The highest BCUT2D eigenvalue weighted by Crippen LogP contribution is 2.34. The molecular weight excluding hydrogens is 372 g/mol. The second-order valence-corrected chi connectivity index (χ2v) is 9.96. The Labute approximate surface area is 158 Å². The summed E-state index contributed by atoms with van der Waals surface area (Å²) in [6.07, 6.45) is 8.07. The first-order chi connectivity index (χ1) is 12.5. The number of hydrogen-bond donors (Lipinski definition) is 2. The van der Waals surface area contributed by atoms with E-state index in [2.05, 4.69) is 21.5 Å². The van der Waals surface area contributed by atoms with E-state index in [9.17, 15) is 13.2 Å². The van der Waals surface area contributed by atoms with E-state index < -0.39 is 10.0 Å². The molecule has 0 spiro atoms. The van der Waals surface area contributed by atoms with Gasteiger partial charge in [-0.2, -0.15) is 4.98 Å². The third kappa shape index (κ3) is 4.61. The zero-order valence-corrected chi connectivity index (χ0v) is 16.2. The van der Waals surface area contributed by atoms with Crippen LogP contribution in [0.3, 0.4) is 0 Å². The maximum absolute atomic E-state index is 12.3. The molecule has 1 aliphatic heterocycles. The first-order valence-electron chi connectivity index (χ1n) is 8.95. The van der Waals surface area contributed by atoms with E-state index >= 15 is 0 Å². The third-order valence-electron chi connectivity index (χ3n) is 4.77. The third-order valence-corrected chi connectivity index (χ3v) is 8.04. The van der Waals surface area contributed by atoms with Gasteiger partial charge >= 0.3 is 5.69 Å². The number of nitrogen functional groups attached to an aromatic ring is 1. The summed E-state index contributed by atoms with van der Waals surface area (Å²) in [7, 11) is -3.33. The van der Waals surface area contributed by atoms with Crippen molar-refractivity contribution in [2.24, 2.45) is 0 Å². The van der Waals surface area contributed by atoms with Gasteiger partial charge < -0.3 is 5.73 Å². The summed E-state index contributed by atoms with van der Waals surface area (Å²) in [5.74, 6) is 6.74. The first-order valence-corrected chi connectivity index (χ1v) is 11.5. The molecule has 1 aromatic heterocycles. The summed E-state index contributed by atoms with van der Waals surface area (Å²) >= 11 is 1.71. The molecule has 0 unspecified atom stereocenters. The van der Waals surface area contributed by atoms with Crippen LogP contribution in [0.4, 0.5) is 5.82 Å². The van der Waals surface area contributed by atoms with Crippen LogP contribution in [0.25, 0.3) is 0 Å². The molecule has 3 rings (SSSR count). The van der Waals surface area contributed by atoms with Gasteiger partial charge in [-0.3, -0.25) is 4.57 Å². The molecular formula is C17H24N4O3S2. The molecule has 9 heteroatoms. The minimum absolute atomic E-state index is 0.0234. The van der Waals surface area contributed by atoms with Crippen LogP contribution in [-0.2, 0) is 10.0 Å². The highest BCUT2D eigenvalue weighted by atomic mass is 32.2. The quantitative estimate of drug-likeness (QED) is 0.746. The molecule has 3 N–H and O–H groups in total. The maximum atomic E-state index is 12.3. The second-order valence-electron chi connectivity index (χ2n) is 6.63. The zero-order valence-electron chi connectivity index (χ0n) is 14.6. The van der Waals surface area contributed by atoms with E-state index in [1.807, 2.05) is 0 Å². The average molecular weight is 397 g/mol. The van der Waals surface area contributed by atoms with Crippen LogP contribution in [0.5, 0.6) is 0 Å². The molecule has 1 saturated carbocycles. The van der Waals surface area contributed by atoms with Crippen LogP contribution in [0.2, 0.25) is 0 Å². The Balaban J connectivity index is 1.67. The molecule has 0 bridgehead atoms. The van der Waals surface area contributed by atoms with Crippen molar-refractivity contribution in [3.63, 3.8) is 0 Å². The van der Waals surface area contributed by atoms with E-state index in [-0.39, 0.29) is 28.7 Å². The van der Waals surface area contributed by atoms with E-state index in [4.69, 9.17) is 5.73 Å². The van der Waals surface area contributed by atoms with Crippen molar-refractivity contribution in [1.29, 1.82) is 0 Å². The number of aromatic nitrogens is 2. The minimum atomic E-state index is -3.33. The standard InChI is InChI=1S/C17H24N4O3S2/c18-16-13(12-21(17(22)20-16)15-9-5-11-25-15)6-4-10-19-26(23,24)14-7-2-1-3-8-14/h12,14-15,19H,1-3,5,7-11H2,(H2,18,20,22)/t15-/m0/s1. The Morgan fingerprint density at radius 2 is 2.04 bits per heavy atom. The second kappa shape index (κ2) is 8.46. The summed E-state index contributed by atoms with van der Waals surface area (Å²) in [4.78, 5) is 15.9. The van der Waals surface area contributed by atoms with Crippen LogP contribution in [0.1, 0.15) is 55.9 Å². The molecule has 1 atom stereocenters. The number of nitrogens with two attached hydrogens (primary N) is 1. The fourth-order valence-electron chi connectivity index (χ4n) is 3.33. The number of thioether (sulfide) groups is 1. The molecule has 1 aliphatic carbocycles. The van der Waals surface area contributed by atoms with Crippen molar-refractivity contribution in [2.75, 3.05) is 18.0 Å². The Hall–Kier alpha value is -1.50. The van der Waals surface area contributed by atoms with Crippen LogP contribution in [-0.4, -0.2) is 35.5 Å². The molecule has 2 aliphatic rings. The monoisotopic (exact) mass is 396 g/mol. The smallest absolute Gasteiger partial charge is 0.350 e. The maximum Gasteiger partial charge on any atom is 0.350 e. The lowest BCUT2D eigenvalue weighted by Crippen LogP contribution is -2.35. The van der Waals surface area contributed by atoms with Crippen molar-refractivity contribution >= 4 is 27.6 Å². The molecule has 26 heavy (non-hydrogen) atoms. The number of rotatable bonds is 4. The summed E-state index contributed by atoms with van der Waals surface area (Å²) in [6.45, 7) is 0.0234. The van der Waals surface area contributed by atoms with Crippen LogP contribution in [0, 0.1) is 11.8 Å². The van der Waals surface area contributed by atoms with Gasteiger partial charge in [0.05, 0.1) is 22.7 Å². The lowest BCUT2D eigenvalue weighted by atomic mass is 10.0. The Morgan fingerprint density at radius 1 is 1.27 bits per heavy atom. The molecule has 7 nitrogen and oxygen atoms in total. The number of hydrogen-bond acceptors (Lipinski definition) is 6. The normalized spacial score (nSPS) is 21.3. The molecule has 0 aromatic carbocycles. The van der Waals surface area contributed by atoms with Crippen LogP contribution < -0.4 is 16.1 Å². The van der Waals surface area contributed by atoms with E-state index in [1.165, 1.54) is 0 Å². The van der Waals surface area contributed by atoms with Gasteiger partial charge in [-0.1, -0.05) is 31.1 Å². The van der Waals surface area contributed by atoms with Crippen LogP contribution >= 0.6 is 11.8 Å². The van der Waals surface area contributed by atoms with Gasteiger partial charge in [0.1, 0.15) is 5.82 Å². The van der Waals surface area contributed by atoms with Gasteiger partial charge in [-0.25, -0.2) is 17.9 Å². The van der Waals surface area contributed by atoms with E-state index in [0.29, 0.717) is 18.4 Å². The Morgan fingerprint density at radius 3 is 2.73 bits per heavy atom. The van der Waals surface area contributed by atoms with E-state index in [0.717, 1.165) is 37.9 Å². The molecule has 2 heterocycles. The van der Waals surface area contributed by atoms with Gasteiger partial charge in [0, 0.05) is 6.20 Å². The Bertz CT molecular complexity index is 858.